The van der Waals surface area contributed by atoms with Crippen LogP contribution in [0.15, 0.2) is 28.7 Å². The lowest BCUT2D eigenvalue weighted by Crippen LogP contribution is -1.81. The first-order valence-corrected chi connectivity index (χ1v) is 6.85. The van der Waals surface area contributed by atoms with E-state index in [2.05, 4.69) is 59.5 Å². The normalized spacial score (nSPS) is 11.1. The SMILES string of the molecule is CSCC/C=C/c1cccc(Br)c1C. The molecular formula is C12H15BrS. The molecule has 1 aromatic carbocycles. The van der Waals surface area contributed by atoms with Crippen LogP contribution in [-0.2, 0) is 0 Å². The molecule has 0 fully saturated rings. The van der Waals surface area contributed by atoms with Crippen LogP contribution in [0.5, 0.6) is 0 Å². The van der Waals surface area contributed by atoms with Crippen molar-refractivity contribution in [1.29, 1.82) is 0 Å². The van der Waals surface area contributed by atoms with E-state index < -0.39 is 0 Å². The van der Waals surface area contributed by atoms with E-state index in [0.29, 0.717) is 0 Å². The van der Waals surface area contributed by atoms with Gasteiger partial charge in [-0.25, -0.2) is 0 Å². The second-order valence-corrected chi connectivity index (χ2v) is 4.98. The van der Waals surface area contributed by atoms with Crippen LogP contribution in [0.4, 0.5) is 0 Å². The zero-order valence-corrected chi connectivity index (χ0v) is 11.0. The lowest BCUT2D eigenvalue weighted by Gasteiger charge is -2.01. The van der Waals surface area contributed by atoms with Crippen LogP contribution in [-0.4, -0.2) is 12.0 Å². The van der Waals surface area contributed by atoms with E-state index >= 15 is 0 Å². The molecule has 0 atom stereocenters. The Hall–Kier alpha value is -0.210. The first-order valence-electron chi connectivity index (χ1n) is 4.66. The lowest BCUT2D eigenvalue weighted by molar-refractivity contribution is 1.25. The highest BCUT2D eigenvalue weighted by atomic mass is 79.9. The molecule has 0 nitrogen and oxygen atoms in total. The largest absolute Gasteiger partial charge is 0.165 e. The summed E-state index contributed by atoms with van der Waals surface area (Å²) in [6.07, 6.45) is 7.73. The van der Waals surface area contributed by atoms with Crippen molar-refractivity contribution in [3.63, 3.8) is 0 Å². The Morgan fingerprint density at radius 2 is 2.21 bits per heavy atom. The van der Waals surface area contributed by atoms with Gasteiger partial charge in [0.1, 0.15) is 0 Å². The van der Waals surface area contributed by atoms with Gasteiger partial charge in [-0.05, 0) is 42.5 Å². The maximum absolute atomic E-state index is 3.53. The molecule has 2 heteroatoms. The Labute approximate surface area is 98.9 Å². The highest BCUT2D eigenvalue weighted by Crippen LogP contribution is 2.20. The molecule has 0 saturated heterocycles. The molecule has 0 saturated carbocycles. The van der Waals surface area contributed by atoms with Gasteiger partial charge in [0.2, 0.25) is 0 Å². The number of thioether (sulfide) groups is 1. The Morgan fingerprint density at radius 3 is 2.93 bits per heavy atom. The minimum atomic E-state index is 1.15. The summed E-state index contributed by atoms with van der Waals surface area (Å²) in [5.74, 6) is 1.20. The highest BCUT2D eigenvalue weighted by Gasteiger charge is 1.96. The predicted octanol–water partition coefficient (Wildman–Crippen LogP) is 4.52. The maximum atomic E-state index is 3.53. The van der Waals surface area contributed by atoms with Gasteiger partial charge in [0.05, 0.1) is 0 Å². The highest BCUT2D eigenvalue weighted by molar-refractivity contribution is 9.10. The zero-order chi connectivity index (χ0) is 10.4. The van der Waals surface area contributed by atoms with Crippen molar-refractivity contribution >= 4 is 33.8 Å². The molecule has 0 aliphatic heterocycles. The molecule has 0 N–H and O–H groups in total. The number of hydrogen-bond donors (Lipinski definition) is 0. The van der Waals surface area contributed by atoms with Gasteiger partial charge >= 0.3 is 0 Å². The Balaban J connectivity index is 2.67. The number of allylic oxidation sites excluding steroid dienone is 1. The fourth-order valence-corrected chi connectivity index (χ4v) is 1.95. The smallest absolute Gasteiger partial charge is 0.0210 e. The number of benzene rings is 1. The van der Waals surface area contributed by atoms with Gasteiger partial charge in [-0.3, -0.25) is 0 Å². The first kappa shape index (κ1) is 11.9. The van der Waals surface area contributed by atoms with Crippen molar-refractivity contribution in [3.8, 4) is 0 Å². The molecule has 14 heavy (non-hydrogen) atoms. The average Bonchev–Trinajstić information content (AvgIpc) is 2.19. The zero-order valence-electron chi connectivity index (χ0n) is 8.59. The second-order valence-electron chi connectivity index (χ2n) is 3.14. The molecule has 0 bridgehead atoms. The molecule has 0 heterocycles. The van der Waals surface area contributed by atoms with Crippen molar-refractivity contribution in [2.45, 2.75) is 13.3 Å². The molecule has 1 aromatic rings. The lowest BCUT2D eigenvalue weighted by atomic mass is 10.1. The van der Waals surface area contributed by atoms with E-state index in [-0.39, 0.29) is 0 Å². The second kappa shape index (κ2) is 6.31. The predicted molar refractivity (Wildman–Crippen MR) is 70.9 cm³/mol. The summed E-state index contributed by atoms with van der Waals surface area (Å²) in [5, 5.41) is 0. The van der Waals surface area contributed by atoms with Crippen LogP contribution in [0.2, 0.25) is 0 Å². The third-order valence-corrected chi connectivity index (χ3v) is 3.60. The molecular weight excluding hydrogens is 256 g/mol. The quantitative estimate of drug-likeness (QED) is 0.725. The topological polar surface area (TPSA) is 0 Å². The van der Waals surface area contributed by atoms with E-state index in [1.54, 1.807) is 0 Å². The molecule has 0 radical (unpaired) electrons. The summed E-state index contributed by atoms with van der Waals surface area (Å²) in [4.78, 5) is 0. The van der Waals surface area contributed by atoms with Crippen molar-refractivity contribution in [3.05, 3.63) is 39.9 Å². The minimum absolute atomic E-state index is 1.15. The monoisotopic (exact) mass is 270 g/mol. The molecule has 1 rings (SSSR count). The van der Waals surface area contributed by atoms with Crippen molar-refractivity contribution < 1.29 is 0 Å². The van der Waals surface area contributed by atoms with Gasteiger partial charge in [-0.2, -0.15) is 11.8 Å². The van der Waals surface area contributed by atoms with Gasteiger partial charge in [-0.1, -0.05) is 40.2 Å². The van der Waals surface area contributed by atoms with Gasteiger partial charge in [-0.15, -0.1) is 0 Å². The van der Waals surface area contributed by atoms with E-state index in [4.69, 9.17) is 0 Å². The van der Waals surface area contributed by atoms with E-state index in [9.17, 15) is 0 Å². The van der Waals surface area contributed by atoms with Gasteiger partial charge in [0, 0.05) is 4.47 Å². The first-order chi connectivity index (χ1) is 6.75. The number of hydrogen-bond acceptors (Lipinski definition) is 1. The molecule has 0 amide bonds. The van der Waals surface area contributed by atoms with Crippen LogP contribution >= 0.6 is 27.7 Å². The van der Waals surface area contributed by atoms with Crippen LogP contribution in [0.3, 0.4) is 0 Å². The van der Waals surface area contributed by atoms with Crippen molar-refractivity contribution in [1.82, 2.24) is 0 Å². The summed E-state index contributed by atoms with van der Waals surface area (Å²) in [7, 11) is 0. The van der Waals surface area contributed by atoms with Crippen LogP contribution in [0.25, 0.3) is 6.08 Å². The maximum Gasteiger partial charge on any atom is 0.0210 e. The summed E-state index contributed by atoms with van der Waals surface area (Å²) in [6.45, 7) is 2.14. The molecule has 76 valence electrons. The van der Waals surface area contributed by atoms with Gasteiger partial charge < -0.3 is 0 Å². The summed E-state index contributed by atoms with van der Waals surface area (Å²) >= 11 is 5.41. The molecule has 0 aliphatic rings. The van der Waals surface area contributed by atoms with Gasteiger partial charge in [0.15, 0.2) is 0 Å². The summed E-state index contributed by atoms with van der Waals surface area (Å²) in [5.41, 5.74) is 2.62. The van der Waals surface area contributed by atoms with Crippen molar-refractivity contribution in [2.24, 2.45) is 0 Å². The Kier molecular flexibility index (Phi) is 5.34. The van der Waals surface area contributed by atoms with Gasteiger partial charge in [0.25, 0.3) is 0 Å². The van der Waals surface area contributed by atoms with E-state index in [1.807, 2.05) is 11.8 Å². The standard InChI is InChI=1S/C12H15BrS/c1-10-11(6-3-4-9-14-2)7-5-8-12(10)13/h3,5-8H,4,9H2,1-2H3/b6-3+. The third-order valence-electron chi connectivity index (χ3n) is 2.10. The molecule has 0 spiro atoms. The Morgan fingerprint density at radius 1 is 1.43 bits per heavy atom. The fraction of sp³-hybridized carbons (Fsp3) is 0.333. The van der Waals surface area contributed by atoms with Crippen LogP contribution in [0.1, 0.15) is 17.5 Å². The molecule has 0 aliphatic carbocycles. The third kappa shape index (κ3) is 3.50. The average molecular weight is 271 g/mol. The summed E-state index contributed by atoms with van der Waals surface area (Å²) < 4.78 is 1.18. The molecule has 0 aromatic heterocycles. The van der Waals surface area contributed by atoms with Crippen molar-refractivity contribution in [2.75, 3.05) is 12.0 Å². The number of halogens is 1. The van der Waals surface area contributed by atoms with E-state index in [0.717, 1.165) is 6.42 Å². The van der Waals surface area contributed by atoms with E-state index in [1.165, 1.54) is 21.4 Å². The Bertz CT molecular complexity index is 318. The number of rotatable bonds is 4. The summed E-state index contributed by atoms with van der Waals surface area (Å²) in [6, 6.07) is 6.30. The fourth-order valence-electron chi connectivity index (χ4n) is 1.20. The minimum Gasteiger partial charge on any atom is -0.165 e. The van der Waals surface area contributed by atoms with Crippen LogP contribution in [0, 0.1) is 6.92 Å². The van der Waals surface area contributed by atoms with Crippen LogP contribution < -0.4 is 0 Å². The molecule has 0 unspecified atom stereocenters.